The van der Waals surface area contributed by atoms with E-state index >= 15 is 0 Å². The average molecular weight is 292 g/mol. The minimum absolute atomic E-state index is 0.433. The summed E-state index contributed by atoms with van der Waals surface area (Å²) in [5, 5.41) is 5.01. The Morgan fingerprint density at radius 1 is 1.20 bits per heavy atom. The third kappa shape index (κ3) is 2.77. The minimum atomic E-state index is 0.433. The van der Waals surface area contributed by atoms with E-state index in [1.807, 2.05) is 24.7 Å². The second-order valence-electron chi connectivity index (χ2n) is 5.27. The molecule has 0 amide bonds. The van der Waals surface area contributed by atoms with Crippen molar-refractivity contribution in [1.29, 1.82) is 0 Å². The Morgan fingerprint density at radius 3 is 2.55 bits per heavy atom. The van der Waals surface area contributed by atoms with E-state index in [2.05, 4.69) is 26.0 Å². The molecule has 0 radical (unpaired) electrons. The standard InChI is InChI=1S/C14H18ClN5/c1-10-7-14(18-11(2)17-10)19-5-3-13(4-6-19)20-9-12(15)8-16-20/h7-9,13H,3-6H2,1-2H3. The topological polar surface area (TPSA) is 46.8 Å². The summed E-state index contributed by atoms with van der Waals surface area (Å²) in [4.78, 5) is 11.2. The Kier molecular flexibility index (Phi) is 3.61. The van der Waals surface area contributed by atoms with Gasteiger partial charge in [-0.15, -0.1) is 0 Å². The third-order valence-electron chi connectivity index (χ3n) is 3.69. The molecule has 0 unspecified atom stereocenters. The van der Waals surface area contributed by atoms with Gasteiger partial charge in [0.1, 0.15) is 11.6 Å². The highest BCUT2D eigenvalue weighted by Crippen LogP contribution is 2.26. The van der Waals surface area contributed by atoms with E-state index in [1.54, 1.807) is 6.20 Å². The molecular weight excluding hydrogens is 274 g/mol. The predicted molar refractivity (Wildman–Crippen MR) is 79.2 cm³/mol. The highest BCUT2D eigenvalue weighted by molar-refractivity contribution is 6.30. The van der Waals surface area contributed by atoms with Gasteiger partial charge >= 0.3 is 0 Å². The van der Waals surface area contributed by atoms with Gasteiger partial charge in [-0.1, -0.05) is 11.6 Å². The van der Waals surface area contributed by atoms with Crippen molar-refractivity contribution >= 4 is 17.4 Å². The summed E-state index contributed by atoms with van der Waals surface area (Å²) in [5.41, 5.74) is 1.02. The van der Waals surface area contributed by atoms with E-state index in [4.69, 9.17) is 11.6 Å². The quantitative estimate of drug-likeness (QED) is 0.853. The van der Waals surface area contributed by atoms with Crippen molar-refractivity contribution in [2.75, 3.05) is 18.0 Å². The molecular formula is C14H18ClN5. The number of aryl methyl sites for hydroxylation is 2. The van der Waals surface area contributed by atoms with Crippen molar-refractivity contribution in [3.05, 3.63) is 35.0 Å². The number of rotatable bonds is 2. The van der Waals surface area contributed by atoms with Crippen LogP contribution >= 0.6 is 11.6 Å². The zero-order valence-electron chi connectivity index (χ0n) is 11.8. The monoisotopic (exact) mass is 291 g/mol. The lowest BCUT2D eigenvalue weighted by Gasteiger charge is -2.33. The molecule has 0 aliphatic carbocycles. The van der Waals surface area contributed by atoms with Gasteiger partial charge in [0.05, 0.1) is 17.3 Å². The highest BCUT2D eigenvalue weighted by Gasteiger charge is 2.22. The van der Waals surface area contributed by atoms with Crippen LogP contribution in [0.4, 0.5) is 5.82 Å². The van der Waals surface area contributed by atoms with E-state index in [1.165, 1.54) is 0 Å². The Morgan fingerprint density at radius 2 is 1.95 bits per heavy atom. The van der Waals surface area contributed by atoms with E-state index in [-0.39, 0.29) is 0 Å². The molecule has 0 N–H and O–H groups in total. The smallest absolute Gasteiger partial charge is 0.132 e. The SMILES string of the molecule is Cc1cc(N2CCC(n3cc(Cl)cn3)CC2)nc(C)n1. The number of halogens is 1. The molecule has 1 fully saturated rings. The molecule has 0 bridgehead atoms. The largest absolute Gasteiger partial charge is 0.356 e. The fourth-order valence-corrected chi connectivity index (χ4v) is 2.88. The molecule has 0 spiro atoms. The van der Waals surface area contributed by atoms with Crippen molar-refractivity contribution in [2.24, 2.45) is 0 Å². The first kappa shape index (κ1) is 13.4. The Balaban J connectivity index is 1.69. The molecule has 106 valence electrons. The van der Waals surface area contributed by atoms with Crippen LogP contribution in [0.3, 0.4) is 0 Å². The summed E-state index contributed by atoms with van der Waals surface area (Å²) in [6, 6.07) is 2.49. The number of aromatic nitrogens is 4. The molecule has 3 rings (SSSR count). The van der Waals surface area contributed by atoms with Gasteiger partial charge in [-0.25, -0.2) is 9.97 Å². The zero-order valence-corrected chi connectivity index (χ0v) is 12.5. The minimum Gasteiger partial charge on any atom is -0.356 e. The maximum absolute atomic E-state index is 5.93. The highest BCUT2D eigenvalue weighted by atomic mass is 35.5. The Hall–Kier alpha value is -1.62. The van der Waals surface area contributed by atoms with Crippen LogP contribution in [0.2, 0.25) is 5.02 Å². The number of piperidine rings is 1. The van der Waals surface area contributed by atoms with Gasteiger partial charge < -0.3 is 4.90 Å². The first-order valence-electron chi connectivity index (χ1n) is 6.89. The number of hydrogen-bond acceptors (Lipinski definition) is 4. The molecule has 2 aromatic heterocycles. The van der Waals surface area contributed by atoms with Gasteiger partial charge in [-0.05, 0) is 26.7 Å². The molecule has 1 saturated heterocycles. The molecule has 0 atom stereocenters. The van der Waals surface area contributed by atoms with Crippen LogP contribution in [0.15, 0.2) is 18.5 Å². The predicted octanol–water partition coefficient (Wildman–Crippen LogP) is 2.78. The van der Waals surface area contributed by atoms with Gasteiger partial charge in [0.15, 0.2) is 0 Å². The maximum atomic E-state index is 5.93. The summed E-state index contributed by atoms with van der Waals surface area (Å²) < 4.78 is 1.98. The summed E-state index contributed by atoms with van der Waals surface area (Å²) in [5.74, 6) is 1.87. The Labute approximate surface area is 123 Å². The van der Waals surface area contributed by atoms with Crippen LogP contribution in [0.1, 0.15) is 30.4 Å². The lowest BCUT2D eigenvalue weighted by molar-refractivity contribution is 0.366. The molecule has 0 aromatic carbocycles. The van der Waals surface area contributed by atoms with Crippen molar-refractivity contribution in [1.82, 2.24) is 19.7 Å². The average Bonchev–Trinajstić information content (AvgIpc) is 2.84. The zero-order chi connectivity index (χ0) is 14.1. The van der Waals surface area contributed by atoms with Crippen molar-refractivity contribution in [2.45, 2.75) is 32.7 Å². The summed E-state index contributed by atoms with van der Waals surface area (Å²) in [7, 11) is 0. The molecule has 1 aliphatic heterocycles. The first-order valence-corrected chi connectivity index (χ1v) is 7.26. The fourth-order valence-electron chi connectivity index (χ4n) is 2.73. The lowest BCUT2D eigenvalue weighted by Crippen LogP contribution is -2.35. The molecule has 5 nitrogen and oxygen atoms in total. The lowest BCUT2D eigenvalue weighted by atomic mass is 10.1. The van der Waals surface area contributed by atoms with Gasteiger partial charge in [0.2, 0.25) is 0 Å². The van der Waals surface area contributed by atoms with Crippen LogP contribution < -0.4 is 4.90 Å². The van der Waals surface area contributed by atoms with Gasteiger partial charge in [-0.3, -0.25) is 4.68 Å². The van der Waals surface area contributed by atoms with Gasteiger partial charge in [0.25, 0.3) is 0 Å². The van der Waals surface area contributed by atoms with E-state index in [9.17, 15) is 0 Å². The molecule has 1 aliphatic rings. The Bertz CT molecular complexity index is 581. The number of anilines is 1. The van der Waals surface area contributed by atoms with Crippen molar-refractivity contribution in [3.8, 4) is 0 Å². The number of hydrogen-bond donors (Lipinski definition) is 0. The van der Waals surface area contributed by atoms with E-state index in [0.717, 1.165) is 43.3 Å². The van der Waals surface area contributed by atoms with Crippen LogP contribution in [0.25, 0.3) is 0 Å². The molecule has 2 aromatic rings. The van der Waals surface area contributed by atoms with Crippen molar-refractivity contribution < 1.29 is 0 Å². The van der Waals surface area contributed by atoms with Crippen LogP contribution in [0, 0.1) is 13.8 Å². The van der Waals surface area contributed by atoms with Gasteiger partial charge in [-0.2, -0.15) is 5.10 Å². The maximum Gasteiger partial charge on any atom is 0.132 e. The van der Waals surface area contributed by atoms with Crippen LogP contribution in [-0.2, 0) is 0 Å². The van der Waals surface area contributed by atoms with Crippen LogP contribution in [-0.4, -0.2) is 32.8 Å². The summed E-state index contributed by atoms with van der Waals surface area (Å²) in [6.07, 6.45) is 5.71. The van der Waals surface area contributed by atoms with E-state index in [0.29, 0.717) is 11.1 Å². The summed E-state index contributed by atoms with van der Waals surface area (Å²) >= 11 is 5.93. The van der Waals surface area contributed by atoms with E-state index < -0.39 is 0 Å². The van der Waals surface area contributed by atoms with Gasteiger partial charge in [0, 0.05) is 31.0 Å². The van der Waals surface area contributed by atoms with Crippen molar-refractivity contribution in [3.63, 3.8) is 0 Å². The first-order chi connectivity index (χ1) is 9.61. The fraction of sp³-hybridized carbons (Fsp3) is 0.500. The molecule has 0 saturated carbocycles. The second kappa shape index (κ2) is 5.40. The molecule has 3 heterocycles. The molecule has 6 heteroatoms. The van der Waals surface area contributed by atoms with Crippen LogP contribution in [0.5, 0.6) is 0 Å². The second-order valence-corrected chi connectivity index (χ2v) is 5.71. The number of nitrogens with zero attached hydrogens (tertiary/aromatic N) is 5. The summed E-state index contributed by atoms with van der Waals surface area (Å²) in [6.45, 7) is 5.92. The third-order valence-corrected chi connectivity index (χ3v) is 3.88. The normalized spacial score (nSPS) is 16.6. The molecule has 20 heavy (non-hydrogen) atoms.